The van der Waals surface area contributed by atoms with E-state index in [4.69, 9.17) is 9.47 Å². The first kappa shape index (κ1) is 14.9. The lowest BCUT2D eigenvalue weighted by molar-refractivity contribution is -0.116. The topological polar surface area (TPSA) is 67.9 Å². The van der Waals surface area contributed by atoms with Crippen LogP contribution in [0.25, 0.3) is 0 Å². The third-order valence-corrected chi connectivity index (χ3v) is 3.30. The van der Waals surface area contributed by atoms with Gasteiger partial charge < -0.3 is 14.8 Å². The number of nitrogens with one attached hydrogen (secondary N) is 1. The van der Waals surface area contributed by atoms with Crippen LogP contribution in [0.3, 0.4) is 0 Å². The molecule has 23 heavy (non-hydrogen) atoms. The average Bonchev–Trinajstić information content (AvgIpc) is 2.95. The fourth-order valence-electron chi connectivity index (χ4n) is 2.17. The van der Waals surface area contributed by atoms with E-state index in [-0.39, 0.29) is 12.5 Å². The molecule has 2 aromatic rings. The highest BCUT2D eigenvalue weighted by atomic mass is 16.6. The molecule has 1 heterocycles. The Labute approximate surface area is 133 Å². The molecule has 0 aromatic heterocycles. The first-order valence-electron chi connectivity index (χ1n) is 7.25. The van der Waals surface area contributed by atoms with Crippen molar-refractivity contribution < 1.29 is 19.1 Å². The molecule has 0 unspecified atom stereocenters. The number of nitrogens with zero attached hydrogens (tertiary/aromatic N) is 1. The molecule has 1 aliphatic rings. The van der Waals surface area contributed by atoms with Crippen molar-refractivity contribution in [2.45, 2.75) is 0 Å². The van der Waals surface area contributed by atoms with Gasteiger partial charge in [-0.15, -0.1) is 0 Å². The van der Waals surface area contributed by atoms with Gasteiger partial charge in [0.2, 0.25) is 5.91 Å². The van der Waals surface area contributed by atoms with Crippen molar-refractivity contribution >= 4 is 17.7 Å². The second kappa shape index (κ2) is 6.83. The van der Waals surface area contributed by atoms with Gasteiger partial charge in [0.1, 0.15) is 24.7 Å². The highest BCUT2D eigenvalue weighted by Gasteiger charge is 2.23. The van der Waals surface area contributed by atoms with Crippen LogP contribution in [0.4, 0.5) is 10.5 Å². The molecular weight excluding hydrogens is 296 g/mol. The van der Waals surface area contributed by atoms with E-state index in [2.05, 4.69) is 5.32 Å². The Hall–Kier alpha value is -3.02. The van der Waals surface area contributed by atoms with Gasteiger partial charge in [-0.2, -0.15) is 0 Å². The Kier molecular flexibility index (Phi) is 4.42. The molecule has 3 rings (SSSR count). The molecule has 0 spiro atoms. The smallest absolute Gasteiger partial charge is 0.410 e. The zero-order chi connectivity index (χ0) is 16.1. The van der Waals surface area contributed by atoms with E-state index in [0.29, 0.717) is 24.6 Å². The second-order valence-corrected chi connectivity index (χ2v) is 5.02. The minimum Gasteiger partial charge on any atom is -0.457 e. The summed E-state index contributed by atoms with van der Waals surface area (Å²) in [5.41, 5.74) is 0.642. The molecule has 1 fully saturated rings. The van der Waals surface area contributed by atoms with Crippen LogP contribution >= 0.6 is 0 Å². The van der Waals surface area contributed by atoms with Gasteiger partial charge in [-0.3, -0.25) is 9.69 Å². The zero-order valence-electron chi connectivity index (χ0n) is 12.4. The Morgan fingerprint density at radius 2 is 1.78 bits per heavy atom. The molecule has 6 nitrogen and oxygen atoms in total. The zero-order valence-corrected chi connectivity index (χ0v) is 12.4. The van der Waals surface area contributed by atoms with Gasteiger partial charge in [-0.05, 0) is 36.4 Å². The second-order valence-electron chi connectivity index (χ2n) is 5.02. The fraction of sp³-hybridized carbons (Fsp3) is 0.176. The third-order valence-electron chi connectivity index (χ3n) is 3.30. The molecule has 0 aliphatic carbocycles. The molecule has 2 aromatic carbocycles. The summed E-state index contributed by atoms with van der Waals surface area (Å²) >= 11 is 0. The van der Waals surface area contributed by atoms with Gasteiger partial charge in [-0.25, -0.2) is 4.79 Å². The van der Waals surface area contributed by atoms with Crippen molar-refractivity contribution in [1.82, 2.24) is 4.90 Å². The van der Waals surface area contributed by atoms with Crippen molar-refractivity contribution in [3.05, 3.63) is 54.6 Å². The third kappa shape index (κ3) is 4.00. The Morgan fingerprint density at radius 1 is 1.09 bits per heavy atom. The number of carbonyl (C=O) groups excluding carboxylic acids is 2. The number of rotatable bonds is 5. The summed E-state index contributed by atoms with van der Waals surface area (Å²) in [4.78, 5) is 24.5. The number of cyclic esters (lactones) is 1. The standard InChI is InChI=1S/C17H16N2O4/c20-16(12-19-10-11-22-17(19)21)18-13-6-8-15(9-7-13)23-14-4-2-1-3-5-14/h1-9H,10-12H2,(H,18,20). The van der Waals surface area contributed by atoms with Crippen LogP contribution in [-0.4, -0.2) is 36.6 Å². The Morgan fingerprint density at radius 3 is 2.43 bits per heavy atom. The fourth-order valence-corrected chi connectivity index (χ4v) is 2.17. The molecular formula is C17H16N2O4. The van der Waals surface area contributed by atoms with E-state index in [1.807, 2.05) is 30.3 Å². The lowest BCUT2D eigenvalue weighted by atomic mass is 10.3. The van der Waals surface area contributed by atoms with Crippen LogP contribution < -0.4 is 10.1 Å². The van der Waals surface area contributed by atoms with Crippen LogP contribution in [0.15, 0.2) is 54.6 Å². The van der Waals surface area contributed by atoms with Crippen LogP contribution in [-0.2, 0) is 9.53 Å². The Bertz CT molecular complexity index is 685. The molecule has 0 radical (unpaired) electrons. The van der Waals surface area contributed by atoms with E-state index >= 15 is 0 Å². The number of benzene rings is 2. The van der Waals surface area contributed by atoms with Gasteiger partial charge in [0.05, 0.1) is 6.54 Å². The van der Waals surface area contributed by atoms with Gasteiger partial charge in [-0.1, -0.05) is 18.2 Å². The van der Waals surface area contributed by atoms with Crippen LogP contribution in [0.5, 0.6) is 11.5 Å². The maximum absolute atomic E-state index is 11.9. The monoisotopic (exact) mass is 312 g/mol. The van der Waals surface area contributed by atoms with Gasteiger partial charge in [0.25, 0.3) is 0 Å². The molecule has 6 heteroatoms. The minimum absolute atomic E-state index is 0.0128. The lowest BCUT2D eigenvalue weighted by Gasteiger charge is -2.12. The molecule has 1 saturated heterocycles. The number of carbonyl (C=O) groups is 2. The highest BCUT2D eigenvalue weighted by Crippen LogP contribution is 2.22. The molecule has 1 N–H and O–H groups in total. The maximum Gasteiger partial charge on any atom is 0.410 e. The van der Waals surface area contributed by atoms with E-state index in [1.54, 1.807) is 24.3 Å². The minimum atomic E-state index is -0.452. The summed E-state index contributed by atoms with van der Waals surface area (Å²) in [6, 6.07) is 16.5. The lowest BCUT2D eigenvalue weighted by Crippen LogP contribution is -2.33. The SMILES string of the molecule is O=C(CN1CCOC1=O)Nc1ccc(Oc2ccccc2)cc1. The predicted octanol–water partition coefficient (Wildman–Crippen LogP) is 2.87. The van der Waals surface area contributed by atoms with Crippen molar-refractivity contribution in [3.8, 4) is 11.5 Å². The van der Waals surface area contributed by atoms with E-state index in [0.717, 1.165) is 5.75 Å². The first-order chi connectivity index (χ1) is 11.2. The number of para-hydroxylation sites is 1. The first-order valence-corrected chi connectivity index (χ1v) is 7.25. The molecule has 2 amide bonds. The van der Waals surface area contributed by atoms with Gasteiger partial charge in [0.15, 0.2) is 0 Å². The molecule has 0 bridgehead atoms. The van der Waals surface area contributed by atoms with Crippen LogP contribution in [0, 0.1) is 0 Å². The van der Waals surface area contributed by atoms with Crippen LogP contribution in [0.2, 0.25) is 0 Å². The number of amides is 2. The summed E-state index contributed by atoms with van der Waals surface area (Å²) in [5.74, 6) is 1.16. The summed E-state index contributed by atoms with van der Waals surface area (Å²) in [5, 5.41) is 2.74. The van der Waals surface area contributed by atoms with Crippen molar-refractivity contribution in [1.29, 1.82) is 0 Å². The maximum atomic E-state index is 11.9. The normalized spacial score (nSPS) is 13.6. The number of hydrogen-bond acceptors (Lipinski definition) is 4. The van der Waals surface area contributed by atoms with Crippen molar-refractivity contribution in [2.75, 3.05) is 25.0 Å². The molecule has 118 valence electrons. The molecule has 0 saturated carbocycles. The van der Waals surface area contributed by atoms with Gasteiger partial charge in [0, 0.05) is 5.69 Å². The van der Waals surface area contributed by atoms with E-state index in [9.17, 15) is 9.59 Å². The van der Waals surface area contributed by atoms with Crippen molar-refractivity contribution in [3.63, 3.8) is 0 Å². The number of anilines is 1. The summed E-state index contributed by atoms with van der Waals surface area (Å²) in [7, 11) is 0. The van der Waals surface area contributed by atoms with E-state index in [1.165, 1.54) is 4.90 Å². The Balaban J connectivity index is 1.55. The average molecular weight is 312 g/mol. The highest BCUT2D eigenvalue weighted by molar-refractivity contribution is 5.94. The van der Waals surface area contributed by atoms with Crippen LogP contribution in [0.1, 0.15) is 0 Å². The number of ether oxygens (including phenoxy) is 2. The number of hydrogen-bond donors (Lipinski definition) is 1. The quantitative estimate of drug-likeness (QED) is 0.922. The molecule has 0 atom stereocenters. The largest absolute Gasteiger partial charge is 0.457 e. The van der Waals surface area contributed by atoms with E-state index < -0.39 is 6.09 Å². The van der Waals surface area contributed by atoms with Crippen molar-refractivity contribution in [2.24, 2.45) is 0 Å². The summed E-state index contributed by atoms with van der Waals surface area (Å²) < 4.78 is 10.5. The summed E-state index contributed by atoms with van der Waals surface area (Å²) in [6.07, 6.45) is -0.452. The van der Waals surface area contributed by atoms with Gasteiger partial charge >= 0.3 is 6.09 Å². The predicted molar refractivity (Wildman–Crippen MR) is 84.5 cm³/mol. The molecule has 1 aliphatic heterocycles. The summed E-state index contributed by atoms with van der Waals surface area (Å²) in [6.45, 7) is 0.759.